The number of aryl methyl sites for hydroxylation is 1. The maximum Gasteiger partial charge on any atom is -0.0208 e. The summed E-state index contributed by atoms with van der Waals surface area (Å²) in [4.78, 5) is 0. The van der Waals surface area contributed by atoms with E-state index >= 15 is 0 Å². The van der Waals surface area contributed by atoms with Crippen LogP contribution in [0, 0.1) is 29.1 Å². The predicted octanol–water partition coefficient (Wildman–Crippen LogP) is 6.59. The zero-order valence-electron chi connectivity index (χ0n) is 16.1. The van der Waals surface area contributed by atoms with Crippen molar-refractivity contribution in [2.24, 2.45) is 22.2 Å². The van der Waals surface area contributed by atoms with E-state index < -0.39 is 0 Å². The van der Waals surface area contributed by atoms with E-state index in [2.05, 4.69) is 73.6 Å². The first kappa shape index (κ1) is 17.6. The molecule has 124 valence electrons. The predicted molar refractivity (Wildman–Crippen MR) is 98.3 cm³/mol. The molecule has 2 rings (SSSR count). The van der Waals surface area contributed by atoms with Crippen molar-refractivity contribution in [3.05, 3.63) is 34.9 Å². The Bertz CT molecular complexity index is 521. The monoisotopic (exact) mass is 300 g/mol. The highest BCUT2D eigenvalue weighted by atomic mass is 14.6. The van der Waals surface area contributed by atoms with E-state index in [1.54, 1.807) is 5.56 Å². The van der Waals surface area contributed by atoms with Crippen LogP contribution in [0.25, 0.3) is 0 Å². The summed E-state index contributed by atoms with van der Waals surface area (Å²) in [5.41, 5.74) is 5.85. The molecule has 0 aliphatic heterocycles. The van der Waals surface area contributed by atoms with Gasteiger partial charge in [-0.25, -0.2) is 0 Å². The first-order valence-corrected chi connectivity index (χ1v) is 9.05. The third-order valence-electron chi connectivity index (χ3n) is 6.41. The Labute approximate surface area is 138 Å². The number of hydrogen-bond donors (Lipinski definition) is 0. The maximum absolute atomic E-state index is 2.49. The minimum absolute atomic E-state index is 0.367. The van der Waals surface area contributed by atoms with E-state index in [-0.39, 0.29) is 0 Å². The molecule has 0 saturated heterocycles. The minimum atomic E-state index is 0.367. The summed E-state index contributed by atoms with van der Waals surface area (Å²) in [6.45, 7) is 19.0. The van der Waals surface area contributed by atoms with Gasteiger partial charge in [0, 0.05) is 0 Å². The van der Waals surface area contributed by atoms with Gasteiger partial charge in [-0.15, -0.1) is 0 Å². The molecule has 0 atom stereocenters. The lowest BCUT2D eigenvalue weighted by atomic mass is 9.73. The van der Waals surface area contributed by atoms with Crippen molar-refractivity contribution >= 4 is 0 Å². The van der Waals surface area contributed by atoms with Crippen molar-refractivity contribution in [3.63, 3.8) is 0 Å². The van der Waals surface area contributed by atoms with E-state index in [0.29, 0.717) is 22.2 Å². The van der Waals surface area contributed by atoms with Crippen LogP contribution >= 0.6 is 0 Å². The molecule has 0 amide bonds. The first-order valence-electron chi connectivity index (χ1n) is 9.05. The van der Waals surface area contributed by atoms with E-state index in [1.165, 1.54) is 36.8 Å². The van der Waals surface area contributed by atoms with Gasteiger partial charge in [0.2, 0.25) is 0 Å². The average Bonchev–Trinajstić information content (AvgIpc) is 3.07. The fraction of sp³-hybridized carbons (Fsp3) is 0.727. The van der Waals surface area contributed by atoms with Crippen LogP contribution in [0.15, 0.2) is 18.2 Å². The lowest BCUT2D eigenvalue weighted by Gasteiger charge is -2.32. The minimum Gasteiger partial charge on any atom is -0.0623 e. The number of rotatable bonds is 5. The SMILES string of the molecule is Cc1cc(CC(C)(C)C(C)C)cc(CC2(C(C)(C)C)CC2)c1. The van der Waals surface area contributed by atoms with Crippen LogP contribution in [0.5, 0.6) is 0 Å². The first-order chi connectivity index (χ1) is 9.95. The van der Waals surface area contributed by atoms with E-state index in [0.717, 1.165) is 0 Å². The van der Waals surface area contributed by atoms with E-state index in [9.17, 15) is 0 Å². The molecular formula is C22H36. The summed E-state index contributed by atoms with van der Waals surface area (Å²) in [5.74, 6) is 0.709. The van der Waals surface area contributed by atoms with Gasteiger partial charge in [-0.3, -0.25) is 0 Å². The molecule has 22 heavy (non-hydrogen) atoms. The van der Waals surface area contributed by atoms with Gasteiger partial charge in [-0.1, -0.05) is 72.2 Å². The van der Waals surface area contributed by atoms with Crippen molar-refractivity contribution < 1.29 is 0 Å². The fourth-order valence-electron chi connectivity index (χ4n) is 3.62. The molecule has 0 bridgehead atoms. The van der Waals surface area contributed by atoms with Crippen LogP contribution in [-0.2, 0) is 12.8 Å². The zero-order chi connectivity index (χ0) is 16.8. The topological polar surface area (TPSA) is 0 Å². The molecule has 0 nitrogen and oxygen atoms in total. The molecule has 1 aromatic rings. The smallest absolute Gasteiger partial charge is 0.0208 e. The van der Waals surface area contributed by atoms with Gasteiger partial charge >= 0.3 is 0 Å². The van der Waals surface area contributed by atoms with Crippen molar-refractivity contribution in [2.45, 2.75) is 81.1 Å². The second kappa shape index (κ2) is 5.69. The van der Waals surface area contributed by atoms with Crippen LogP contribution in [0.1, 0.15) is 78.0 Å². The highest BCUT2D eigenvalue weighted by Gasteiger charge is 2.51. The van der Waals surface area contributed by atoms with Crippen LogP contribution in [0.2, 0.25) is 0 Å². The average molecular weight is 301 g/mol. The molecular weight excluding hydrogens is 264 g/mol. The highest BCUT2D eigenvalue weighted by Crippen LogP contribution is 2.60. The Morgan fingerprint density at radius 1 is 0.955 bits per heavy atom. The lowest BCUT2D eigenvalue weighted by Crippen LogP contribution is -2.24. The Morgan fingerprint density at radius 2 is 1.50 bits per heavy atom. The lowest BCUT2D eigenvalue weighted by molar-refractivity contribution is 0.212. The van der Waals surface area contributed by atoms with Gasteiger partial charge in [0.1, 0.15) is 0 Å². The van der Waals surface area contributed by atoms with E-state index in [4.69, 9.17) is 0 Å². The van der Waals surface area contributed by atoms with Gasteiger partial charge in [0.25, 0.3) is 0 Å². The van der Waals surface area contributed by atoms with Gasteiger partial charge in [0.15, 0.2) is 0 Å². The Balaban J connectivity index is 2.21. The summed E-state index contributed by atoms with van der Waals surface area (Å²) < 4.78 is 0. The third-order valence-corrected chi connectivity index (χ3v) is 6.41. The van der Waals surface area contributed by atoms with Gasteiger partial charge in [-0.05, 0) is 65.9 Å². The molecule has 0 radical (unpaired) electrons. The molecule has 1 aliphatic rings. The van der Waals surface area contributed by atoms with Crippen molar-refractivity contribution in [2.75, 3.05) is 0 Å². The molecule has 0 unspecified atom stereocenters. The third kappa shape index (κ3) is 3.76. The summed E-state index contributed by atoms with van der Waals surface area (Å²) in [6, 6.07) is 7.30. The molecule has 1 saturated carbocycles. The molecule has 0 heteroatoms. The molecule has 1 aliphatic carbocycles. The van der Waals surface area contributed by atoms with E-state index in [1.807, 2.05) is 0 Å². The quantitative estimate of drug-likeness (QED) is 0.575. The molecule has 0 N–H and O–H groups in total. The molecule has 1 aromatic carbocycles. The Morgan fingerprint density at radius 3 is 1.95 bits per heavy atom. The van der Waals surface area contributed by atoms with Crippen LogP contribution in [0.4, 0.5) is 0 Å². The molecule has 0 aromatic heterocycles. The fourth-order valence-corrected chi connectivity index (χ4v) is 3.62. The second-order valence-corrected chi connectivity index (χ2v) is 9.85. The normalized spacial score (nSPS) is 17.9. The highest BCUT2D eigenvalue weighted by molar-refractivity contribution is 5.32. The summed E-state index contributed by atoms with van der Waals surface area (Å²) in [5, 5.41) is 0. The van der Waals surface area contributed by atoms with Gasteiger partial charge in [0.05, 0.1) is 0 Å². The summed E-state index contributed by atoms with van der Waals surface area (Å²) >= 11 is 0. The van der Waals surface area contributed by atoms with Crippen molar-refractivity contribution in [1.82, 2.24) is 0 Å². The second-order valence-electron chi connectivity index (χ2n) is 9.85. The summed E-state index contributed by atoms with van der Waals surface area (Å²) in [6.07, 6.45) is 5.24. The molecule has 0 spiro atoms. The van der Waals surface area contributed by atoms with Gasteiger partial charge in [-0.2, -0.15) is 0 Å². The van der Waals surface area contributed by atoms with Crippen LogP contribution in [0.3, 0.4) is 0 Å². The van der Waals surface area contributed by atoms with Crippen LogP contribution in [-0.4, -0.2) is 0 Å². The Kier molecular flexibility index (Phi) is 4.55. The summed E-state index contributed by atoms with van der Waals surface area (Å²) in [7, 11) is 0. The number of benzene rings is 1. The van der Waals surface area contributed by atoms with Crippen molar-refractivity contribution in [3.8, 4) is 0 Å². The van der Waals surface area contributed by atoms with Crippen molar-refractivity contribution in [1.29, 1.82) is 0 Å². The Hall–Kier alpha value is -0.780. The zero-order valence-corrected chi connectivity index (χ0v) is 16.1. The standard InChI is InChI=1S/C22H36/c1-16(2)21(7,8)14-18-11-17(3)12-19(13-18)15-22(9-10-22)20(4,5)6/h11-13,16H,9-10,14-15H2,1-8H3. The maximum atomic E-state index is 2.49. The molecule has 0 heterocycles. The van der Waals surface area contributed by atoms with Gasteiger partial charge < -0.3 is 0 Å². The largest absolute Gasteiger partial charge is 0.0623 e. The van der Waals surface area contributed by atoms with Crippen LogP contribution < -0.4 is 0 Å². The molecule has 1 fully saturated rings. The number of hydrogen-bond acceptors (Lipinski definition) is 0.